The van der Waals surface area contributed by atoms with Crippen molar-refractivity contribution in [2.75, 3.05) is 19.8 Å². The second-order valence-electron chi connectivity index (χ2n) is 7.77. The lowest BCUT2D eigenvalue weighted by atomic mass is 9.94. The van der Waals surface area contributed by atoms with Gasteiger partial charge in [0.25, 0.3) is 0 Å². The van der Waals surface area contributed by atoms with Crippen LogP contribution in [0.5, 0.6) is 0 Å². The molecule has 2 rings (SSSR count). The molecule has 0 radical (unpaired) electrons. The molecule has 0 aromatic rings. The van der Waals surface area contributed by atoms with Crippen molar-refractivity contribution in [3.05, 3.63) is 12.7 Å². The molecule has 10 atom stereocenters. The number of hydrogen-bond acceptors (Lipinski definition) is 11. The third kappa shape index (κ3) is 6.43. The van der Waals surface area contributed by atoms with E-state index < -0.39 is 79.6 Å². The Hall–Kier alpha value is -1.68. The molecule has 2 fully saturated rings. The molecule has 0 bridgehead atoms. The van der Waals surface area contributed by atoms with Crippen LogP contribution in [0.25, 0.3) is 0 Å². The Morgan fingerprint density at radius 3 is 2.06 bits per heavy atom. The van der Waals surface area contributed by atoms with E-state index in [1.165, 1.54) is 19.9 Å². The molecule has 32 heavy (non-hydrogen) atoms. The molecule has 0 aromatic carbocycles. The first-order chi connectivity index (χ1) is 15.1. The van der Waals surface area contributed by atoms with Gasteiger partial charge in [-0.3, -0.25) is 14.9 Å². The van der Waals surface area contributed by atoms with E-state index in [0.717, 1.165) is 0 Å². The van der Waals surface area contributed by atoms with Gasteiger partial charge in [-0.15, -0.1) is 6.58 Å². The lowest BCUT2D eigenvalue weighted by Gasteiger charge is -2.45. The molecule has 0 unspecified atom stereocenters. The SMILES string of the molecule is C=CCO[C@H]1O[C@H](CN[C@@H]2O[C@H](CO)[C@@H](O)[C@H](O)[C@H]2NC(C)=O)[C@@H](O)[C@H](O)[C@H]1NC(C)=O. The zero-order valence-corrected chi connectivity index (χ0v) is 18.0. The second kappa shape index (κ2) is 12.0. The number of rotatable bonds is 9. The molecule has 2 heterocycles. The van der Waals surface area contributed by atoms with Crippen molar-refractivity contribution in [3.8, 4) is 0 Å². The molecule has 0 spiro atoms. The van der Waals surface area contributed by atoms with Gasteiger partial charge in [0.05, 0.1) is 19.3 Å². The van der Waals surface area contributed by atoms with Gasteiger partial charge in [-0.05, 0) is 0 Å². The van der Waals surface area contributed by atoms with Crippen LogP contribution in [0.3, 0.4) is 0 Å². The topological polar surface area (TPSA) is 199 Å². The van der Waals surface area contributed by atoms with Gasteiger partial charge >= 0.3 is 0 Å². The maximum absolute atomic E-state index is 11.5. The van der Waals surface area contributed by atoms with E-state index in [1.54, 1.807) is 0 Å². The van der Waals surface area contributed by atoms with Gasteiger partial charge in [0.2, 0.25) is 11.8 Å². The monoisotopic (exact) mass is 463 g/mol. The number of carbonyl (C=O) groups excluding carboxylic acids is 2. The van der Waals surface area contributed by atoms with E-state index in [0.29, 0.717) is 0 Å². The summed E-state index contributed by atoms with van der Waals surface area (Å²) in [7, 11) is 0. The van der Waals surface area contributed by atoms with Gasteiger partial charge in [0.1, 0.15) is 48.9 Å². The highest BCUT2D eigenvalue weighted by molar-refractivity contribution is 5.73. The summed E-state index contributed by atoms with van der Waals surface area (Å²) in [4.78, 5) is 23.0. The summed E-state index contributed by atoms with van der Waals surface area (Å²) in [6, 6.07) is -2.11. The minimum absolute atomic E-state index is 0.0579. The van der Waals surface area contributed by atoms with Crippen LogP contribution in [-0.2, 0) is 23.8 Å². The number of aliphatic hydroxyl groups is 5. The molecule has 0 aromatic heterocycles. The van der Waals surface area contributed by atoms with Crippen molar-refractivity contribution in [2.24, 2.45) is 0 Å². The molecular weight excluding hydrogens is 430 g/mol. The molecule has 184 valence electrons. The predicted molar refractivity (Wildman–Crippen MR) is 108 cm³/mol. The standard InChI is InChI=1S/C19H33N3O10/c1-4-5-30-19-13(22-9(3)25)17(29)14(26)10(32-19)6-20-18-12(21-8(2)24)16(28)15(27)11(7-23)31-18/h4,10-20,23,26-29H,1,5-7H2,2-3H3,(H,21,24)(H,22,25)/t10-,11-,12-,13-,14-,15-,16-,17-,18-,19+/m1/s1. The van der Waals surface area contributed by atoms with E-state index >= 15 is 0 Å². The van der Waals surface area contributed by atoms with E-state index in [-0.39, 0.29) is 13.2 Å². The number of carbonyl (C=O) groups is 2. The van der Waals surface area contributed by atoms with Crippen LogP contribution in [0.4, 0.5) is 0 Å². The largest absolute Gasteiger partial charge is 0.394 e. The molecule has 2 saturated heterocycles. The molecule has 2 aliphatic heterocycles. The van der Waals surface area contributed by atoms with Crippen LogP contribution in [-0.4, -0.2) is 118 Å². The Morgan fingerprint density at radius 2 is 1.50 bits per heavy atom. The molecule has 13 nitrogen and oxygen atoms in total. The van der Waals surface area contributed by atoms with Gasteiger partial charge < -0.3 is 50.4 Å². The highest BCUT2D eigenvalue weighted by atomic mass is 16.7. The van der Waals surface area contributed by atoms with Gasteiger partial charge in [0.15, 0.2) is 6.29 Å². The molecule has 8 N–H and O–H groups in total. The van der Waals surface area contributed by atoms with Crippen LogP contribution < -0.4 is 16.0 Å². The van der Waals surface area contributed by atoms with Crippen LogP contribution in [0.15, 0.2) is 12.7 Å². The summed E-state index contributed by atoms with van der Waals surface area (Å²) in [5, 5.41) is 58.7. The fraction of sp³-hybridized carbons (Fsp3) is 0.789. The summed E-state index contributed by atoms with van der Waals surface area (Å²) in [6.07, 6.45) is -8.62. The van der Waals surface area contributed by atoms with Crippen LogP contribution >= 0.6 is 0 Å². The zero-order valence-electron chi connectivity index (χ0n) is 18.0. The fourth-order valence-corrected chi connectivity index (χ4v) is 3.71. The summed E-state index contributed by atoms with van der Waals surface area (Å²) >= 11 is 0. The number of amides is 2. The van der Waals surface area contributed by atoms with Gasteiger partial charge in [-0.2, -0.15) is 0 Å². The minimum Gasteiger partial charge on any atom is -0.394 e. The Labute approximate surface area is 185 Å². The smallest absolute Gasteiger partial charge is 0.217 e. The first-order valence-electron chi connectivity index (χ1n) is 10.2. The third-order valence-electron chi connectivity index (χ3n) is 5.27. The molecule has 13 heteroatoms. The van der Waals surface area contributed by atoms with Crippen LogP contribution in [0.1, 0.15) is 13.8 Å². The normalized spacial score (nSPS) is 39.8. The summed E-state index contributed by atoms with van der Waals surface area (Å²) < 4.78 is 16.8. The van der Waals surface area contributed by atoms with Gasteiger partial charge in [-0.25, -0.2) is 0 Å². The Kier molecular flexibility index (Phi) is 9.94. The minimum atomic E-state index is -1.45. The van der Waals surface area contributed by atoms with Crippen molar-refractivity contribution in [1.29, 1.82) is 0 Å². The van der Waals surface area contributed by atoms with Gasteiger partial charge in [0, 0.05) is 20.4 Å². The molecular formula is C19H33N3O10. The van der Waals surface area contributed by atoms with E-state index in [9.17, 15) is 35.1 Å². The summed E-state index contributed by atoms with van der Waals surface area (Å²) in [5.41, 5.74) is 0. The quantitative estimate of drug-likeness (QED) is 0.154. The first kappa shape index (κ1) is 26.6. The zero-order chi connectivity index (χ0) is 24.0. The maximum atomic E-state index is 11.5. The Morgan fingerprint density at radius 1 is 0.938 bits per heavy atom. The second-order valence-corrected chi connectivity index (χ2v) is 7.77. The fourth-order valence-electron chi connectivity index (χ4n) is 3.71. The summed E-state index contributed by atoms with van der Waals surface area (Å²) in [6.45, 7) is 5.34. The predicted octanol–water partition coefficient (Wildman–Crippen LogP) is -4.33. The molecule has 0 aliphatic carbocycles. The van der Waals surface area contributed by atoms with Gasteiger partial charge in [-0.1, -0.05) is 6.08 Å². The third-order valence-corrected chi connectivity index (χ3v) is 5.27. The van der Waals surface area contributed by atoms with Crippen LogP contribution in [0, 0.1) is 0 Å². The van der Waals surface area contributed by atoms with E-state index in [4.69, 9.17) is 14.2 Å². The van der Waals surface area contributed by atoms with Crippen molar-refractivity contribution < 1.29 is 49.3 Å². The number of nitrogens with one attached hydrogen (secondary N) is 3. The Bertz CT molecular complexity index is 653. The maximum Gasteiger partial charge on any atom is 0.217 e. The van der Waals surface area contributed by atoms with Crippen LogP contribution in [0.2, 0.25) is 0 Å². The highest BCUT2D eigenvalue weighted by Gasteiger charge is 2.48. The number of aliphatic hydroxyl groups excluding tert-OH is 5. The van der Waals surface area contributed by atoms with Crippen molar-refractivity contribution in [3.63, 3.8) is 0 Å². The molecule has 0 saturated carbocycles. The van der Waals surface area contributed by atoms with Crippen molar-refractivity contribution in [1.82, 2.24) is 16.0 Å². The highest BCUT2D eigenvalue weighted by Crippen LogP contribution is 2.24. The average molecular weight is 463 g/mol. The Balaban J connectivity index is 2.12. The number of ether oxygens (including phenoxy) is 3. The lowest BCUT2D eigenvalue weighted by molar-refractivity contribution is -0.263. The van der Waals surface area contributed by atoms with Crippen molar-refractivity contribution in [2.45, 2.75) is 75.1 Å². The van der Waals surface area contributed by atoms with Crippen molar-refractivity contribution >= 4 is 11.8 Å². The lowest BCUT2D eigenvalue weighted by Crippen LogP contribution is -2.69. The molecule has 2 aliphatic rings. The number of hydrogen-bond donors (Lipinski definition) is 8. The first-order valence-corrected chi connectivity index (χ1v) is 10.2. The average Bonchev–Trinajstić information content (AvgIpc) is 2.74. The summed E-state index contributed by atoms with van der Waals surface area (Å²) in [5.74, 6) is -0.940. The van der Waals surface area contributed by atoms with E-state index in [1.807, 2.05) is 0 Å². The molecule has 2 amide bonds. The van der Waals surface area contributed by atoms with E-state index in [2.05, 4.69) is 22.5 Å².